The first-order chi connectivity index (χ1) is 23.0. The molecule has 3 unspecified atom stereocenters. The molecule has 7 heteroatoms. The van der Waals surface area contributed by atoms with E-state index in [0.29, 0.717) is 29.5 Å². The average Bonchev–Trinajstić information content (AvgIpc) is 3.78. The molecule has 5 fully saturated rings. The summed E-state index contributed by atoms with van der Waals surface area (Å²) >= 11 is 0. The highest BCUT2D eigenvalue weighted by atomic mass is 16.5. The van der Waals surface area contributed by atoms with Crippen LogP contribution < -0.4 is 0 Å². The smallest absolute Gasteiger partial charge is 0.306 e. The molecule has 6 rings (SSSR count). The van der Waals surface area contributed by atoms with Gasteiger partial charge in [-0.25, -0.2) is 0 Å². The lowest BCUT2D eigenvalue weighted by Gasteiger charge is -2.69. The van der Waals surface area contributed by atoms with Crippen molar-refractivity contribution in [3.8, 4) is 0 Å². The highest BCUT2D eigenvalue weighted by Gasteiger charge is 2.66. The zero-order valence-electron chi connectivity index (χ0n) is 32.2. The largest absolute Gasteiger partial charge is 0.481 e. The van der Waals surface area contributed by atoms with Crippen molar-refractivity contribution in [2.45, 2.75) is 138 Å². The number of hydrogen-bond donors (Lipinski definition) is 1. The summed E-state index contributed by atoms with van der Waals surface area (Å²) in [5.74, 6) is 2.51. The number of fused-ring (bicyclic) bond motifs is 7. The van der Waals surface area contributed by atoms with Crippen molar-refractivity contribution in [3.05, 3.63) is 11.1 Å². The van der Waals surface area contributed by atoms with E-state index in [9.17, 15) is 14.4 Å². The number of esters is 1. The Kier molecular flexibility index (Phi) is 10.3. The highest BCUT2D eigenvalue weighted by Crippen LogP contribution is 2.73. The molecule has 0 saturated heterocycles. The van der Waals surface area contributed by atoms with Crippen LogP contribution in [-0.4, -0.2) is 79.0 Å². The van der Waals surface area contributed by atoms with E-state index < -0.39 is 5.97 Å². The number of ether oxygens (including phenoxy) is 1. The number of Topliss-reactive ketones (excluding diaryl/α,β-unsaturated/α-hetero) is 1. The van der Waals surface area contributed by atoms with Crippen molar-refractivity contribution in [3.63, 3.8) is 0 Å². The van der Waals surface area contributed by atoms with E-state index in [1.165, 1.54) is 57.1 Å². The minimum absolute atomic E-state index is 0.0483. The zero-order valence-corrected chi connectivity index (χ0v) is 32.2. The van der Waals surface area contributed by atoms with Crippen LogP contribution in [0.15, 0.2) is 11.1 Å². The van der Waals surface area contributed by atoms with Crippen molar-refractivity contribution in [1.82, 2.24) is 9.80 Å². The molecule has 276 valence electrons. The second-order valence-corrected chi connectivity index (χ2v) is 19.4. The first-order valence-electron chi connectivity index (χ1n) is 20.1. The molecule has 0 aromatic carbocycles. The van der Waals surface area contributed by atoms with Crippen molar-refractivity contribution < 1.29 is 24.2 Å². The standard InChI is InChI=1S/C42H68N2O5/c1-27(2)37-31(45)25-42(21-22-44(24-23-43(7)8)26-28-9-10-28)20-15-30-29(38(37)42)11-12-33-40(30,5)18-16-32-39(3,4)34(17-19-41(32,33)6)49-36(48)14-13-35(46)47/h27-30,32-34H,9-26H2,1-8H3,(H,46,47)/t29-,30?,32?,33?,34-,40-,41-,42+/m0/s1. The number of nitrogens with zero attached hydrogens (tertiary/aromatic N) is 2. The lowest BCUT2D eigenvalue weighted by molar-refractivity contribution is -0.213. The van der Waals surface area contributed by atoms with Gasteiger partial charge in [-0.3, -0.25) is 14.4 Å². The second-order valence-electron chi connectivity index (χ2n) is 19.4. The number of aliphatic carboxylic acids is 1. The molecular weight excluding hydrogens is 612 g/mol. The van der Waals surface area contributed by atoms with Crippen LogP contribution in [0.5, 0.6) is 0 Å². The first-order valence-corrected chi connectivity index (χ1v) is 20.1. The Balaban J connectivity index is 1.23. The zero-order chi connectivity index (χ0) is 35.5. The minimum Gasteiger partial charge on any atom is -0.481 e. The molecule has 7 nitrogen and oxygen atoms in total. The van der Waals surface area contributed by atoms with Crippen LogP contribution in [0.1, 0.15) is 131 Å². The highest BCUT2D eigenvalue weighted by molar-refractivity contribution is 6.00. The predicted molar refractivity (Wildman–Crippen MR) is 194 cm³/mol. The van der Waals surface area contributed by atoms with Gasteiger partial charge in [-0.15, -0.1) is 0 Å². The maximum atomic E-state index is 14.0. The Hall–Kier alpha value is -1.73. The van der Waals surface area contributed by atoms with Gasteiger partial charge in [-0.2, -0.15) is 0 Å². The van der Waals surface area contributed by atoms with Gasteiger partial charge in [0.15, 0.2) is 5.78 Å². The van der Waals surface area contributed by atoms with Crippen LogP contribution in [-0.2, 0) is 19.1 Å². The molecule has 8 atom stereocenters. The fourth-order valence-corrected chi connectivity index (χ4v) is 13.0. The number of likely N-dealkylation sites (N-methyl/N-ethyl adjacent to an activating group) is 1. The summed E-state index contributed by atoms with van der Waals surface area (Å²) in [5.41, 5.74) is 3.14. The topological polar surface area (TPSA) is 87.2 Å². The average molecular weight is 681 g/mol. The van der Waals surface area contributed by atoms with Crippen LogP contribution in [0.3, 0.4) is 0 Å². The van der Waals surface area contributed by atoms with Crippen molar-refractivity contribution in [1.29, 1.82) is 0 Å². The number of carboxylic acid groups (broad SMARTS) is 1. The van der Waals surface area contributed by atoms with E-state index in [2.05, 4.69) is 65.4 Å². The second kappa shape index (κ2) is 13.7. The molecule has 5 saturated carbocycles. The lowest BCUT2D eigenvalue weighted by atomic mass is 9.36. The Morgan fingerprint density at radius 2 is 1.57 bits per heavy atom. The number of carbonyl (C=O) groups excluding carboxylic acids is 2. The Morgan fingerprint density at radius 3 is 2.22 bits per heavy atom. The fourth-order valence-electron chi connectivity index (χ4n) is 13.0. The summed E-state index contributed by atoms with van der Waals surface area (Å²) < 4.78 is 6.05. The van der Waals surface area contributed by atoms with Gasteiger partial charge < -0.3 is 19.6 Å². The molecule has 0 radical (unpaired) electrons. The van der Waals surface area contributed by atoms with Crippen molar-refractivity contribution >= 4 is 17.7 Å². The summed E-state index contributed by atoms with van der Waals surface area (Å²) in [6.45, 7) is 18.9. The van der Waals surface area contributed by atoms with Gasteiger partial charge in [0.1, 0.15) is 6.10 Å². The number of hydrogen-bond acceptors (Lipinski definition) is 6. The van der Waals surface area contributed by atoms with Gasteiger partial charge in [-0.05, 0) is 143 Å². The molecule has 49 heavy (non-hydrogen) atoms. The molecule has 0 aliphatic heterocycles. The third-order valence-corrected chi connectivity index (χ3v) is 15.5. The molecule has 1 N–H and O–H groups in total. The van der Waals surface area contributed by atoms with Gasteiger partial charge in [0.05, 0.1) is 12.8 Å². The van der Waals surface area contributed by atoms with E-state index in [4.69, 9.17) is 9.84 Å². The summed E-state index contributed by atoms with van der Waals surface area (Å²) in [5, 5.41) is 9.08. The molecular formula is C42H68N2O5. The van der Waals surface area contributed by atoms with E-state index in [0.717, 1.165) is 57.7 Å². The van der Waals surface area contributed by atoms with Gasteiger partial charge in [0.2, 0.25) is 0 Å². The molecule has 0 heterocycles. The van der Waals surface area contributed by atoms with Gasteiger partial charge in [-0.1, -0.05) is 47.1 Å². The summed E-state index contributed by atoms with van der Waals surface area (Å²) in [7, 11) is 4.36. The van der Waals surface area contributed by atoms with Crippen molar-refractivity contribution in [2.75, 3.05) is 40.3 Å². The van der Waals surface area contributed by atoms with Crippen LogP contribution in [0.4, 0.5) is 0 Å². The molecule has 0 amide bonds. The molecule has 0 spiro atoms. The SMILES string of the molecule is CC(C)C1=C2[C@H]3CCC4[C@@](C)(CCC5C(C)(C)[C@@H](OC(=O)CCC(=O)O)CC[C@@]54C)C3CC[C@@]2(CCN(CCN(C)C)CC2CC2)CC1=O. The third-order valence-electron chi connectivity index (χ3n) is 15.5. The number of carboxylic acids is 1. The Labute approximate surface area is 297 Å². The van der Waals surface area contributed by atoms with Gasteiger partial charge in [0, 0.05) is 36.9 Å². The maximum absolute atomic E-state index is 14.0. The Morgan fingerprint density at radius 1 is 0.857 bits per heavy atom. The molecule has 0 aromatic heterocycles. The normalized spacial score (nSPS) is 38.3. The van der Waals surface area contributed by atoms with Crippen LogP contribution >= 0.6 is 0 Å². The van der Waals surface area contributed by atoms with Gasteiger partial charge in [0.25, 0.3) is 0 Å². The van der Waals surface area contributed by atoms with Crippen LogP contribution in [0, 0.1) is 57.2 Å². The van der Waals surface area contributed by atoms with Crippen LogP contribution in [0.25, 0.3) is 0 Å². The number of carbonyl (C=O) groups is 3. The monoisotopic (exact) mass is 681 g/mol. The summed E-state index contributed by atoms with van der Waals surface area (Å²) in [4.78, 5) is 42.8. The van der Waals surface area contributed by atoms with Crippen molar-refractivity contribution in [2.24, 2.45) is 57.2 Å². The Bertz CT molecular complexity index is 1320. The summed E-state index contributed by atoms with van der Waals surface area (Å²) in [6, 6.07) is 0. The van der Waals surface area contributed by atoms with E-state index in [1.54, 1.807) is 5.57 Å². The molecule has 6 aliphatic carbocycles. The number of ketones is 1. The quantitative estimate of drug-likeness (QED) is 0.197. The molecule has 0 aromatic rings. The lowest BCUT2D eigenvalue weighted by Crippen LogP contribution is -2.63. The molecule has 0 bridgehead atoms. The number of allylic oxidation sites excluding steroid dienone is 2. The minimum atomic E-state index is -0.955. The molecule has 6 aliphatic rings. The predicted octanol–water partition coefficient (Wildman–Crippen LogP) is 8.02. The van der Waals surface area contributed by atoms with Crippen LogP contribution in [0.2, 0.25) is 0 Å². The van der Waals surface area contributed by atoms with E-state index in [-0.39, 0.29) is 52.5 Å². The van der Waals surface area contributed by atoms with E-state index >= 15 is 0 Å². The van der Waals surface area contributed by atoms with Gasteiger partial charge >= 0.3 is 11.9 Å². The fraction of sp³-hybridized carbons (Fsp3) is 0.881. The number of rotatable bonds is 13. The maximum Gasteiger partial charge on any atom is 0.306 e. The first kappa shape index (κ1) is 37.0. The third kappa shape index (κ3) is 6.82. The summed E-state index contributed by atoms with van der Waals surface area (Å²) in [6.07, 6.45) is 13.3. The van der Waals surface area contributed by atoms with E-state index in [1.807, 2.05) is 0 Å².